The number of nitrogens with zero attached hydrogens (tertiary/aromatic N) is 2. The Morgan fingerprint density at radius 3 is 2.70 bits per heavy atom. The van der Waals surface area contributed by atoms with Gasteiger partial charge in [0.15, 0.2) is 0 Å². The molecule has 0 aliphatic heterocycles. The average molecular weight is 277 g/mol. The highest BCUT2D eigenvalue weighted by molar-refractivity contribution is 5.79. The molecule has 1 aromatic heterocycles. The number of aliphatic hydroxyl groups excluding tert-OH is 1. The molecule has 2 rings (SSSR count). The first-order valence-corrected chi connectivity index (χ1v) is 7.30. The predicted molar refractivity (Wildman–Crippen MR) is 78.3 cm³/mol. The van der Waals surface area contributed by atoms with Gasteiger partial charge in [0.2, 0.25) is 5.91 Å². The lowest BCUT2D eigenvalue weighted by atomic mass is 10.1. The molecular formula is C15H23N3O2. The second kappa shape index (κ2) is 6.70. The summed E-state index contributed by atoms with van der Waals surface area (Å²) in [6.45, 7) is 2.14. The van der Waals surface area contributed by atoms with Gasteiger partial charge in [-0.2, -0.15) is 0 Å². The molecule has 0 bridgehead atoms. The zero-order valence-electron chi connectivity index (χ0n) is 12.0. The monoisotopic (exact) mass is 277 g/mol. The second-order valence-electron chi connectivity index (χ2n) is 5.40. The van der Waals surface area contributed by atoms with Crippen LogP contribution in [0.4, 0.5) is 5.69 Å². The van der Waals surface area contributed by atoms with Gasteiger partial charge in [-0.05, 0) is 31.4 Å². The number of anilines is 1. The van der Waals surface area contributed by atoms with Gasteiger partial charge in [-0.3, -0.25) is 9.78 Å². The standard InChI is InChI=1S/C15H23N3O2/c1-2-14(19)13-8-7-12(9-17-13)18(10-15(16)20)11-5-3-4-6-11/h7-9,11,14,19H,2-6,10H2,1H3,(H2,16,20)/t14-/m1/s1. The predicted octanol–water partition coefficient (Wildman–Crippen LogP) is 1.76. The summed E-state index contributed by atoms with van der Waals surface area (Å²) in [5.74, 6) is -0.324. The number of nitrogens with two attached hydrogens (primary N) is 1. The van der Waals surface area contributed by atoms with Crippen molar-refractivity contribution in [1.29, 1.82) is 0 Å². The Bertz CT molecular complexity index is 441. The second-order valence-corrected chi connectivity index (χ2v) is 5.40. The molecule has 1 aliphatic carbocycles. The molecule has 0 spiro atoms. The van der Waals surface area contributed by atoms with Crippen LogP contribution in [0.25, 0.3) is 0 Å². The molecule has 1 amide bonds. The van der Waals surface area contributed by atoms with Crippen molar-refractivity contribution < 1.29 is 9.90 Å². The third kappa shape index (κ3) is 3.48. The van der Waals surface area contributed by atoms with Gasteiger partial charge in [0.05, 0.1) is 30.2 Å². The summed E-state index contributed by atoms with van der Waals surface area (Å²) in [6.07, 6.45) is 6.41. The quantitative estimate of drug-likeness (QED) is 0.830. The number of hydrogen-bond acceptors (Lipinski definition) is 4. The molecule has 20 heavy (non-hydrogen) atoms. The summed E-state index contributed by atoms with van der Waals surface area (Å²) < 4.78 is 0. The van der Waals surface area contributed by atoms with Crippen LogP contribution < -0.4 is 10.6 Å². The van der Waals surface area contributed by atoms with Crippen molar-refractivity contribution in [1.82, 2.24) is 4.98 Å². The van der Waals surface area contributed by atoms with E-state index >= 15 is 0 Å². The van der Waals surface area contributed by atoms with E-state index in [1.54, 1.807) is 6.20 Å². The third-order valence-electron chi connectivity index (χ3n) is 3.92. The van der Waals surface area contributed by atoms with Crippen LogP contribution in [0.2, 0.25) is 0 Å². The van der Waals surface area contributed by atoms with Crippen molar-refractivity contribution in [2.45, 2.75) is 51.2 Å². The molecular weight excluding hydrogens is 254 g/mol. The number of primary amides is 1. The average Bonchev–Trinajstić information content (AvgIpc) is 2.98. The van der Waals surface area contributed by atoms with E-state index in [-0.39, 0.29) is 12.5 Å². The van der Waals surface area contributed by atoms with Crippen LogP contribution in [0.15, 0.2) is 18.3 Å². The SMILES string of the molecule is CC[C@@H](O)c1ccc(N(CC(N)=O)C2CCCC2)cn1. The van der Waals surface area contributed by atoms with Crippen molar-refractivity contribution in [2.24, 2.45) is 5.73 Å². The molecule has 0 saturated heterocycles. The topological polar surface area (TPSA) is 79.5 Å². The van der Waals surface area contributed by atoms with E-state index < -0.39 is 6.10 Å². The number of amides is 1. The van der Waals surface area contributed by atoms with Gasteiger partial charge >= 0.3 is 0 Å². The van der Waals surface area contributed by atoms with Gasteiger partial charge in [0, 0.05) is 6.04 Å². The lowest BCUT2D eigenvalue weighted by Crippen LogP contribution is -2.40. The van der Waals surface area contributed by atoms with Crippen molar-refractivity contribution in [3.8, 4) is 0 Å². The summed E-state index contributed by atoms with van der Waals surface area (Å²) in [7, 11) is 0. The van der Waals surface area contributed by atoms with Crippen molar-refractivity contribution in [2.75, 3.05) is 11.4 Å². The zero-order chi connectivity index (χ0) is 14.5. The molecule has 1 heterocycles. The van der Waals surface area contributed by atoms with Crippen LogP contribution in [0.1, 0.15) is 50.8 Å². The van der Waals surface area contributed by atoms with Gasteiger partial charge in [-0.15, -0.1) is 0 Å². The summed E-state index contributed by atoms with van der Waals surface area (Å²) in [5.41, 5.74) is 6.93. The van der Waals surface area contributed by atoms with Crippen LogP contribution in [-0.4, -0.2) is 28.6 Å². The molecule has 3 N–H and O–H groups in total. The van der Waals surface area contributed by atoms with E-state index in [9.17, 15) is 9.90 Å². The van der Waals surface area contributed by atoms with Crippen LogP contribution in [-0.2, 0) is 4.79 Å². The molecule has 0 radical (unpaired) electrons. The van der Waals surface area contributed by atoms with E-state index in [1.165, 1.54) is 12.8 Å². The molecule has 5 nitrogen and oxygen atoms in total. The number of carbonyl (C=O) groups is 1. The molecule has 1 fully saturated rings. The van der Waals surface area contributed by atoms with E-state index in [0.29, 0.717) is 18.2 Å². The maximum absolute atomic E-state index is 11.3. The molecule has 0 unspecified atom stereocenters. The largest absolute Gasteiger partial charge is 0.387 e. The maximum atomic E-state index is 11.3. The van der Waals surface area contributed by atoms with Gasteiger partial charge in [0.25, 0.3) is 0 Å². The Kier molecular flexibility index (Phi) is 4.95. The zero-order valence-corrected chi connectivity index (χ0v) is 12.0. The molecule has 0 aromatic carbocycles. The fourth-order valence-electron chi connectivity index (χ4n) is 2.79. The molecule has 1 saturated carbocycles. The van der Waals surface area contributed by atoms with Gasteiger partial charge in [-0.1, -0.05) is 19.8 Å². The highest BCUT2D eigenvalue weighted by Gasteiger charge is 2.24. The summed E-state index contributed by atoms with van der Waals surface area (Å²) >= 11 is 0. The van der Waals surface area contributed by atoms with Crippen molar-refractivity contribution in [3.05, 3.63) is 24.0 Å². The highest BCUT2D eigenvalue weighted by Crippen LogP contribution is 2.28. The number of pyridine rings is 1. The first-order chi connectivity index (χ1) is 9.61. The van der Waals surface area contributed by atoms with Crippen LogP contribution in [0.5, 0.6) is 0 Å². The lowest BCUT2D eigenvalue weighted by molar-refractivity contribution is -0.116. The fraction of sp³-hybridized carbons (Fsp3) is 0.600. The third-order valence-corrected chi connectivity index (χ3v) is 3.92. The number of hydrogen-bond donors (Lipinski definition) is 2. The van der Waals surface area contributed by atoms with Crippen LogP contribution >= 0.6 is 0 Å². The van der Waals surface area contributed by atoms with E-state index in [0.717, 1.165) is 18.5 Å². The van der Waals surface area contributed by atoms with Crippen LogP contribution in [0, 0.1) is 0 Å². The summed E-state index contributed by atoms with van der Waals surface area (Å²) in [5, 5.41) is 9.77. The van der Waals surface area contributed by atoms with Crippen LogP contribution in [0.3, 0.4) is 0 Å². The number of rotatable bonds is 6. The Labute approximate surface area is 119 Å². The Balaban J connectivity index is 2.17. The van der Waals surface area contributed by atoms with Gasteiger partial charge in [0.1, 0.15) is 0 Å². The number of aromatic nitrogens is 1. The Hall–Kier alpha value is -1.62. The van der Waals surface area contributed by atoms with Crippen molar-refractivity contribution in [3.63, 3.8) is 0 Å². The molecule has 110 valence electrons. The Morgan fingerprint density at radius 2 is 2.20 bits per heavy atom. The molecule has 1 aliphatic rings. The normalized spacial score (nSPS) is 17.1. The smallest absolute Gasteiger partial charge is 0.236 e. The first-order valence-electron chi connectivity index (χ1n) is 7.30. The number of carbonyl (C=O) groups excluding carboxylic acids is 1. The minimum atomic E-state index is -0.528. The van der Waals surface area contributed by atoms with E-state index in [2.05, 4.69) is 4.98 Å². The summed E-state index contributed by atoms with van der Waals surface area (Å²) in [6, 6.07) is 4.11. The summed E-state index contributed by atoms with van der Waals surface area (Å²) in [4.78, 5) is 17.6. The maximum Gasteiger partial charge on any atom is 0.236 e. The lowest BCUT2D eigenvalue weighted by Gasteiger charge is -2.29. The minimum Gasteiger partial charge on any atom is -0.387 e. The first kappa shape index (κ1) is 14.8. The fourth-order valence-corrected chi connectivity index (χ4v) is 2.79. The van der Waals surface area contributed by atoms with Gasteiger partial charge in [-0.25, -0.2) is 0 Å². The van der Waals surface area contributed by atoms with E-state index in [1.807, 2.05) is 24.0 Å². The molecule has 1 atom stereocenters. The highest BCUT2D eigenvalue weighted by atomic mass is 16.3. The van der Waals surface area contributed by atoms with Gasteiger partial charge < -0.3 is 15.7 Å². The molecule has 5 heteroatoms. The minimum absolute atomic E-state index is 0.224. The Morgan fingerprint density at radius 1 is 1.50 bits per heavy atom. The van der Waals surface area contributed by atoms with E-state index in [4.69, 9.17) is 5.73 Å². The molecule has 1 aromatic rings. The van der Waals surface area contributed by atoms with Crippen molar-refractivity contribution >= 4 is 11.6 Å². The number of aliphatic hydroxyl groups is 1.